The summed E-state index contributed by atoms with van der Waals surface area (Å²) in [7, 11) is 0. The topological polar surface area (TPSA) is 77.1 Å². The average molecular weight is 367 g/mol. The van der Waals surface area contributed by atoms with Gasteiger partial charge in [-0.1, -0.05) is 30.3 Å². The van der Waals surface area contributed by atoms with Crippen LogP contribution in [0, 0.1) is 0 Å². The van der Waals surface area contributed by atoms with Gasteiger partial charge in [0.2, 0.25) is 0 Å². The van der Waals surface area contributed by atoms with Gasteiger partial charge in [-0.25, -0.2) is 9.50 Å². The lowest BCUT2D eigenvalue weighted by molar-refractivity contribution is 0.102. The van der Waals surface area contributed by atoms with E-state index in [1.165, 1.54) is 6.20 Å². The number of alkyl halides is 1. The van der Waals surface area contributed by atoms with Gasteiger partial charge in [-0.05, 0) is 6.07 Å². The molecule has 0 saturated heterocycles. The van der Waals surface area contributed by atoms with Crippen LogP contribution in [-0.2, 0) is 6.54 Å². The molecule has 8 heteroatoms. The fraction of sp³-hybridized carbons (Fsp3) is 0.111. The first-order valence-corrected chi connectivity index (χ1v) is 8.58. The summed E-state index contributed by atoms with van der Waals surface area (Å²) < 4.78 is 3.28. The Labute approximate surface area is 154 Å². The zero-order chi connectivity index (χ0) is 17.9. The van der Waals surface area contributed by atoms with E-state index in [2.05, 4.69) is 20.5 Å². The van der Waals surface area contributed by atoms with Crippen molar-refractivity contribution in [1.29, 1.82) is 0 Å². The Kier molecular flexibility index (Phi) is 4.37. The van der Waals surface area contributed by atoms with Gasteiger partial charge >= 0.3 is 0 Å². The molecule has 4 rings (SSSR count). The van der Waals surface area contributed by atoms with Crippen molar-refractivity contribution in [1.82, 2.24) is 24.4 Å². The van der Waals surface area contributed by atoms with Gasteiger partial charge in [0.15, 0.2) is 5.65 Å². The van der Waals surface area contributed by atoms with Gasteiger partial charge in [0.1, 0.15) is 11.3 Å². The Morgan fingerprint density at radius 1 is 1.19 bits per heavy atom. The number of halogens is 1. The number of fused-ring (bicyclic) bond motifs is 1. The summed E-state index contributed by atoms with van der Waals surface area (Å²) >= 11 is 5.83. The third kappa shape index (κ3) is 3.04. The highest BCUT2D eigenvalue weighted by Crippen LogP contribution is 2.27. The summed E-state index contributed by atoms with van der Waals surface area (Å²) in [6, 6.07) is 11.4. The molecule has 0 unspecified atom stereocenters. The molecule has 0 spiro atoms. The maximum atomic E-state index is 12.8. The molecule has 0 bridgehead atoms. The van der Waals surface area contributed by atoms with Crippen molar-refractivity contribution in [2.24, 2.45) is 0 Å². The number of carbonyl (C=O) groups excluding carboxylic acids is 1. The van der Waals surface area contributed by atoms with Crippen molar-refractivity contribution in [3.05, 3.63) is 66.7 Å². The molecule has 3 aromatic heterocycles. The predicted molar refractivity (Wildman–Crippen MR) is 99.3 cm³/mol. The number of carbonyl (C=O) groups is 1. The zero-order valence-electron chi connectivity index (χ0n) is 13.7. The second-order valence-electron chi connectivity index (χ2n) is 5.61. The predicted octanol–water partition coefficient (Wildman–Crippen LogP) is 3.08. The fourth-order valence-corrected chi connectivity index (χ4v) is 2.87. The minimum absolute atomic E-state index is 0.290. The second kappa shape index (κ2) is 6.97. The Bertz CT molecular complexity index is 1060. The van der Waals surface area contributed by atoms with Crippen LogP contribution in [0.25, 0.3) is 16.9 Å². The van der Waals surface area contributed by atoms with Gasteiger partial charge in [-0.15, -0.1) is 11.6 Å². The standard InChI is InChI=1S/C18H15ClN6O/c19-7-10-24-12-15(16(23-24)13-5-2-1-3-6-13)22-18(26)14-11-21-25-9-4-8-20-17(14)25/h1-6,8-9,11-12H,7,10H2,(H,22,26). The molecule has 0 saturated carbocycles. The number of hydrogen-bond acceptors (Lipinski definition) is 4. The third-order valence-electron chi connectivity index (χ3n) is 3.89. The van der Waals surface area contributed by atoms with Crippen LogP contribution < -0.4 is 5.32 Å². The smallest absolute Gasteiger partial charge is 0.261 e. The Hall–Kier alpha value is -3.19. The minimum Gasteiger partial charge on any atom is -0.319 e. The number of rotatable bonds is 5. The van der Waals surface area contributed by atoms with Crippen molar-refractivity contribution < 1.29 is 4.79 Å². The molecule has 0 atom stereocenters. The van der Waals surface area contributed by atoms with E-state index in [1.54, 1.807) is 33.9 Å². The fourth-order valence-electron chi connectivity index (χ4n) is 2.70. The molecule has 3 heterocycles. The molecule has 1 amide bonds. The molecule has 0 fully saturated rings. The number of benzene rings is 1. The molecular formula is C18H15ClN6O. The molecule has 130 valence electrons. The molecule has 0 aliphatic rings. The van der Waals surface area contributed by atoms with Crippen molar-refractivity contribution in [3.8, 4) is 11.3 Å². The number of anilines is 1. The van der Waals surface area contributed by atoms with Gasteiger partial charge in [0, 0.05) is 30.0 Å². The second-order valence-corrected chi connectivity index (χ2v) is 5.99. The summed E-state index contributed by atoms with van der Waals surface area (Å²) in [6.07, 6.45) is 6.65. The zero-order valence-corrected chi connectivity index (χ0v) is 14.5. The van der Waals surface area contributed by atoms with E-state index in [4.69, 9.17) is 11.6 Å². The maximum Gasteiger partial charge on any atom is 0.261 e. The Balaban J connectivity index is 1.70. The highest BCUT2D eigenvalue weighted by Gasteiger charge is 2.18. The highest BCUT2D eigenvalue weighted by atomic mass is 35.5. The first kappa shape index (κ1) is 16.3. The molecule has 1 aromatic carbocycles. The number of nitrogens with zero attached hydrogens (tertiary/aromatic N) is 5. The quantitative estimate of drug-likeness (QED) is 0.551. The SMILES string of the molecule is O=C(Nc1cn(CCCl)nc1-c1ccccc1)c1cnn2cccnc12. The summed E-state index contributed by atoms with van der Waals surface area (Å²) in [6.45, 7) is 0.551. The first-order chi connectivity index (χ1) is 12.8. The van der Waals surface area contributed by atoms with Crippen molar-refractivity contribution in [2.45, 2.75) is 6.54 Å². The van der Waals surface area contributed by atoms with Gasteiger partial charge in [0.05, 0.1) is 18.4 Å². The number of aryl methyl sites for hydroxylation is 1. The lowest BCUT2D eigenvalue weighted by Crippen LogP contribution is -2.12. The van der Waals surface area contributed by atoms with E-state index in [9.17, 15) is 4.79 Å². The van der Waals surface area contributed by atoms with Gasteiger partial charge in [0.25, 0.3) is 5.91 Å². The molecule has 0 aliphatic heterocycles. The van der Waals surface area contributed by atoms with Gasteiger partial charge < -0.3 is 5.32 Å². The number of hydrogen-bond donors (Lipinski definition) is 1. The van der Waals surface area contributed by atoms with E-state index in [0.29, 0.717) is 35.0 Å². The Morgan fingerprint density at radius 3 is 2.85 bits per heavy atom. The molecule has 4 aromatic rings. The van der Waals surface area contributed by atoms with Crippen LogP contribution in [0.15, 0.2) is 61.2 Å². The first-order valence-electron chi connectivity index (χ1n) is 8.05. The normalized spacial score (nSPS) is 11.0. The summed E-state index contributed by atoms with van der Waals surface area (Å²) in [5, 5.41) is 11.6. The highest BCUT2D eigenvalue weighted by molar-refractivity contribution is 6.17. The van der Waals surface area contributed by atoms with Gasteiger partial charge in [-0.2, -0.15) is 10.2 Å². The van der Waals surface area contributed by atoms with Crippen LogP contribution in [0.3, 0.4) is 0 Å². The molecule has 1 N–H and O–H groups in total. The van der Waals surface area contributed by atoms with E-state index in [-0.39, 0.29) is 5.91 Å². The van der Waals surface area contributed by atoms with Crippen LogP contribution in [0.4, 0.5) is 5.69 Å². The molecule has 0 aliphatic carbocycles. The average Bonchev–Trinajstić information content (AvgIpc) is 3.27. The monoisotopic (exact) mass is 366 g/mol. The van der Waals surface area contributed by atoms with Crippen LogP contribution in [0.1, 0.15) is 10.4 Å². The van der Waals surface area contributed by atoms with Crippen LogP contribution >= 0.6 is 11.6 Å². The van der Waals surface area contributed by atoms with Crippen molar-refractivity contribution >= 4 is 28.8 Å². The lowest BCUT2D eigenvalue weighted by atomic mass is 10.1. The van der Waals surface area contributed by atoms with Gasteiger partial charge in [-0.3, -0.25) is 9.48 Å². The van der Waals surface area contributed by atoms with E-state index >= 15 is 0 Å². The third-order valence-corrected chi connectivity index (χ3v) is 4.06. The van der Waals surface area contributed by atoms with Crippen molar-refractivity contribution in [3.63, 3.8) is 0 Å². The number of nitrogens with one attached hydrogen (secondary N) is 1. The maximum absolute atomic E-state index is 12.8. The number of amides is 1. The van der Waals surface area contributed by atoms with E-state index in [1.807, 2.05) is 30.3 Å². The van der Waals surface area contributed by atoms with E-state index in [0.717, 1.165) is 5.56 Å². The molecule has 0 radical (unpaired) electrons. The summed E-state index contributed by atoms with van der Waals surface area (Å²) in [4.78, 5) is 17.0. The minimum atomic E-state index is -0.290. The molecule has 26 heavy (non-hydrogen) atoms. The summed E-state index contributed by atoms with van der Waals surface area (Å²) in [5.41, 5.74) is 3.11. The van der Waals surface area contributed by atoms with E-state index < -0.39 is 0 Å². The van der Waals surface area contributed by atoms with Crippen LogP contribution in [0.5, 0.6) is 0 Å². The van der Waals surface area contributed by atoms with Crippen LogP contribution in [0.2, 0.25) is 0 Å². The molecular weight excluding hydrogens is 352 g/mol. The van der Waals surface area contributed by atoms with Crippen LogP contribution in [-0.4, -0.2) is 36.2 Å². The largest absolute Gasteiger partial charge is 0.319 e. The van der Waals surface area contributed by atoms with Crippen molar-refractivity contribution in [2.75, 3.05) is 11.2 Å². The molecule has 7 nitrogen and oxygen atoms in total. The lowest BCUT2D eigenvalue weighted by Gasteiger charge is -2.04. The Morgan fingerprint density at radius 2 is 2.04 bits per heavy atom. The summed E-state index contributed by atoms with van der Waals surface area (Å²) in [5.74, 6) is 0.141. The number of aromatic nitrogens is 5.